The molecule has 1 N–H and O–H groups in total. The van der Waals surface area contributed by atoms with Crippen LogP contribution in [-0.2, 0) is 12.3 Å². The molecule has 0 saturated heterocycles. The molecule has 1 saturated carbocycles. The fourth-order valence-corrected chi connectivity index (χ4v) is 4.28. The number of carbonyl (C=O) groups excluding carboxylic acids is 1. The number of aryl methyl sites for hydroxylation is 1. The fraction of sp³-hybridized carbons (Fsp3) is 0.364. The first-order chi connectivity index (χ1) is 14.7. The highest BCUT2D eigenvalue weighted by Gasteiger charge is 2.19. The Labute approximate surface area is 179 Å². The van der Waals surface area contributed by atoms with E-state index in [2.05, 4.69) is 20.4 Å². The lowest BCUT2D eigenvalue weighted by Crippen LogP contribution is -2.24. The summed E-state index contributed by atoms with van der Waals surface area (Å²) in [4.78, 5) is 21.6. The van der Waals surface area contributed by atoms with Crippen molar-refractivity contribution in [1.29, 1.82) is 0 Å². The van der Waals surface area contributed by atoms with Gasteiger partial charge in [-0.25, -0.2) is 9.97 Å². The molecule has 0 aliphatic heterocycles. The number of aromatic nitrogens is 3. The molecule has 0 radical (unpaired) electrons. The van der Waals surface area contributed by atoms with E-state index in [1.165, 1.54) is 24.6 Å². The number of amides is 1. The fourth-order valence-electron chi connectivity index (χ4n) is 3.41. The highest BCUT2D eigenvalue weighted by molar-refractivity contribution is 7.98. The van der Waals surface area contributed by atoms with Gasteiger partial charge in [0.25, 0.3) is 5.91 Å². The van der Waals surface area contributed by atoms with Crippen LogP contribution in [0.15, 0.2) is 52.3 Å². The average molecular weight is 425 g/mol. The van der Waals surface area contributed by atoms with Gasteiger partial charge in [-0.15, -0.1) is 0 Å². The van der Waals surface area contributed by atoms with Gasteiger partial charge in [0.15, 0.2) is 0 Å². The summed E-state index contributed by atoms with van der Waals surface area (Å²) in [5, 5.41) is 7.62. The predicted octanol–water partition coefficient (Wildman–Crippen LogP) is 4.32. The van der Waals surface area contributed by atoms with Crippen LogP contribution in [0.1, 0.15) is 53.1 Å². The zero-order chi connectivity index (χ0) is 20.8. The van der Waals surface area contributed by atoms with E-state index in [1.54, 1.807) is 24.5 Å². The van der Waals surface area contributed by atoms with Crippen LogP contribution in [0, 0.1) is 6.92 Å². The standard InChI is InChI=1S/C22H24N4O3S/c1-15-12-17(26-29-15)14-30-22-19(9-5-11-24-22)20(27)25-13-16-6-4-10-23-21(16)28-18-7-2-3-8-18/h4-6,9-12,18H,2-3,7-8,13-14H2,1H3,(H,25,27). The van der Waals surface area contributed by atoms with Gasteiger partial charge in [0.1, 0.15) is 16.9 Å². The normalized spacial score (nSPS) is 14.0. The highest BCUT2D eigenvalue weighted by atomic mass is 32.2. The first kappa shape index (κ1) is 20.4. The second-order valence-electron chi connectivity index (χ2n) is 7.25. The minimum Gasteiger partial charge on any atom is -0.474 e. The zero-order valence-corrected chi connectivity index (χ0v) is 17.7. The number of thioether (sulfide) groups is 1. The molecule has 3 aromatic rings. The third-order valence-corrected chi connectivity index (χ3v) is 5.96. The minimum atomic E-state index is -0.183. The maximum atomic E-state index is 12.9. The Bertz CT molecular complexity index is 1000. The molecule has 156 valence electrons. The predicted molar refractivity (Wildman–Crippen MR) is 113 cm³/mol. The summed E-state index contributed by atoms with van der Waals surface area (Å²) in [5.41, 5.74) is 2.22. The van der Waals surface area contributed by atoms with E-state index in [-0.39, 0.29) is 12.0 Å². The monoisotopic (exact) mass is 424 g/mol. The molecule has 1 amide bonds. The van der Waals surface area contributed by atoms with Crippen molar-refractivity contribution in [3.05, 3.63) is 65.3 Å². The highest BCUT2D eigenvalue weighted by Crippen LogP contribution is 2.26. The molecule has 0 atom stereocenters. The minimum absolute atomic E-state index is 0.183. The van der Waals surface area contributed by atoms with E-state index >= 15 is 0 Å². The van der Waals surface area contributed by atoms with Crippen molar-refractivity contribution in [3.63, 3.8) is 0 Å². The number of nitrogens with zero attached hydrogens (tertiary/aromatic N) is 3. The van der Waals surface area contributed by atoms with Gasteiger partial charge in [0, 0.05) is 36.3 Å². The van der Waals surface area contributed by atoms with Crippen LogP contribution < -0.4 is 10.1 Å². The summed E-state index contributed by atoms with van der Waals surface area (Å²) in [7, 11) is 0. The van der Waals surface area contributed by atoms with Crippen molar-refractivity contribution in [1.82, 2.24) is 20.4 Å². The Morgan fingerprint density at radius 3 is 2.83 bits per heavy atom. The van der Waals surface area contributed by atoms with Crippen LogP contribution >= 0.6 is 11.8 Å². The van der Waals surface area contributed by atoms with Crippen LogP contribution in [0.25, 0.3) is 0 Å². The lowest BCUT2D eigenvalue weighted by atomic mass is 10.2. The third kappa shape index (κ3) is 5.18. The summed E-state index contributed by atoms with van der Waals surface area (Å²) >= 11 is 1.46. The number of hydrogen-bond acceptors (Lipinski definition) is 7. The van der Waals surface area contributed by atoms with E-state index in [9.17, 15) is 4.79 Å². The first-order valence-electron chi connectivity index (χ1n) is 10.1. The molecule has 1 fully saturated rings. The van der Waals surface area contributed by atoms with E-state index in [4.69, 9.17) is 9.26 Å². The van der Waals surface area contributed by atoms with Crippen molar-refractivity contribution in [2.45, 2.75) is 56.0 Å². The molecular formula is C22H24N4O3S. The van der Waals surface area contributed by atoms with Gasteiger partial charge in [-0.05, 0) is 50.8 Å². The maximum Gasteiger partial charge on any atom is 0.254 e. The van der Waals surface area contributed by atoms with Crippen molar-refractivity contribution in [2.75, 3.05) is 0 Å². The van der Waals surface area contributed by atoms with Crippen molar-refractivity contribution >= 4 is 17.7 Å². The van der Waals surface area contributed by atoms with Crippen LogP contribution in [0.2, 0.25) is 0 Å². The van der Waals surface area contributed by atoms with E-state index < -0.39 is 0 Å². The summed E-state index contributed by atoms with van der Waals surface area (Å²) in [5.74, 6) is 1.76. The number of nitrogens with one attached hydrogen (secondary N) is 1. The van der Waals surface area contributed by atoms with Gasteiger partial charge in [-0.3, -0.25) is 4.79 Å². The van der Waals surface area contributed by atoms with Crippen LogP contribution in [0.4, 0.5) is 0 Å². The second-order valence-corrected chi connectivity index (χ2v) is 8.21. The summed E-state index contributed by atoms with van der Waals surface area (Å²) in [6.45, 7) is 2.19. The van der Waals surface area contributed by atoms with Crippen molar-refractivity contribution in [2.24, 2.45) is 0 Å². The number of hydrogen-bond donors (Lipinski definition) is 1. The molecule has 0 aromatic carbocycles. The molecule has 4 rings (SSSR count). The van der Waals surface area contributed by atoms with E-state index in [0.717, 1.165) is 29.9 Å². The van der Waals surface area contributed by atoms with Crippen molar-refractivity contribution < 1.29 is 14.1 Å². The molecule has 0 bridgehead atoms. The van der Waals surface area contributed by atoms with Gasteiger partial charge in [0.2, 0.25) is 5.88 Å². The zero-order valence-electron chi connectivity index (χ0n) is 16.8. The molecule has 3 heterocycles. The smallest absolute Gasteiger partial charge is 0.254 e. The first-order valence-corrected chi connectivity index (χ1v) is 11.1. The Balaban J connectivity index is 1.40. The number of pyridine rings is 2. The molecule has 30 heavy (non-hydrogen) atoms. The van der Waals surface area contributed by atoms with Gasteiger partial charge in [-0.2, -0.15) is 0 Å². The van der Waals surface area contributed by atoms with E-state index in [0.29, 0.717) is 28.8 Å². The lowest BCUT2D eigenvalue weighted by molar-refractivity contribution is 0.0946. The molecule has 0 spiro atoms. The Kier molecular flexibility index (Phi) is 6.63. The molecular weight excluding hydrogens is 400 g/mol. The van der Waals surface area contributed by atoms with E-state index in [1.807, 2.05) is 25.1 Å². The Hall–Kier alpha value is -2.87. The summed E-state index contributed by atoms with van der Waals surface area (Å²) in [6.07, 6.45) is 8.13. The Morgan fingerprint density at radius 2 is 2.03 bits per heavy atom. The Morgan fingerprint density at radius 1 is 1.23 bits per heavy atom. The number of rotatable bonds is 8. The van der Waals surface area contributed by atoms with Gasteiger partial charge in [0.05, 0.1) is 11.3 Å². The van der Waals surface area contributed by atoms with Crippen LogP contribution in [0.5, 0.6) is 5.88 Å². The van der Waals surface area contributed by atoms with Gasteiger partial charge < -0.3 is 14.6 Å². The maximum absolute atomic E-state index is 12.9. The molecule has 7 nitrogen and oxygen atoms in total. The molecule has 8 heteroatoms. The van der Waals surface area contributed by atoms with Gasteiger partial charge in [-0.1, -0.05) is 23.0 Å². The van der Waals surface area contributed by atoms with Crippen molar-refractivity contribution in [3.8, 4) is 5.88 Å². The third-order valence-electron chi connectivity index (χ3n) is 4.92. The largest absolute Gasteiger partial charge is 0.474 e. The second kappa shape index (κ2) is 9.75. The van der Waals surface area contributed by atoms with Gasteiger partial charge >= 0.3 is 0 Å². The molecule has 1 aliphatic carbocycles. The quantitative estimate of drug-likeness (QED) is 0.539. The SMILES string of the molecule is Cc1cc(CSc2ncccc2C(=O)NCc2cccnc2OC2CCCC2)no1. The lowest BCUT2D eigenvalue weighted by Gasteiger charge is -2.15. The summed E-state index contributed by atoms with van der Waals surface area (Å²) < 4.78 is 11.2. The number of carbonyl (C=O) groups is 1. The molecule has 1 aliphatic rings. The molecule has 3 aromatic heterocycles. The van der Waals surface area contributed by atoms with Crippen LogP contribution in [0.3, 0.4) is 0 Å². The topological polar surface area (TPSA) is 90.1 Å². The van der Waals surface area contributed by atoms with Crippen LogP contribution in [-0.4, -0.2) is 27.1 Å². The number of ether oxygens (including phenoxy) is 1. The molecule has 0 unspecified atom stereocenters. The average Bonchev–Trinajstić information content (AvgIpc) is 3.43. The summed E-state index contributed by atoms with van der Waals surface area (Å²) in [6, 6.07) is 9.21.